The van der Waals surface area contributed by atoms with Crippen molar-refractivity contribution in [2.24, 2.45) is 0 Å². The Morgan fingerprint density at radius 3 is 2.79 bits per heavy atom. The van der Waals surface area contributed by atoms with E-state index in [2.05, 4.69) is 20.6 Å². The molecule has 2 heterocycles. The summed E-state index contributed by atoms with van der Waals surface area (Å²) in [5, 5.41) is 10.8. The molecule has 1 amide bonds. The Morgan fingerprint density at radius 2 is 2.12 bits per heavy atom. The van der Waals surface area contributed by atoms with Gasteiger partial charge in [0, 0.05) is 17.7 Å². The molecule has 7 nitrogen and oxygen atoms in total. The Hall–Kier alpha value is -2.96. The van der Waals surface area contributed by atoms with Crippen molar-refractivity contribution in [1.29, 1.82) is 0 Å². The fourth-order valence-corrected chi connectivity index (χ4v) is 2.44. The molecule has 0 aliphatic heterocycles. The highest BCUT2D eigenvalue weighted by Crippen LogP contribution is 2.12. The van der Waals surface area contributed by atoms with Crippen LogP contribution in [-0.2, 0) is 13.0 Å². The third kappa shape index (κ3) is 3.51. The highest BCUT2D eigenvalue weighted by Gasteiger charge is 2.12. The molecule has 1 N–H and O–H groups in total. The maximum absolute atomic E-state index is 12.3. The topological polar surface area (TPSA) is 85.8 Å². The monoisotopic (exact) mass is 325 g/mol. The first kappa shape index (κ1) is 15.9. The number of rotatable bonds is 5. The Kier molecular flexibility index (Phi) is 4.41. The van der Waals surface area contributed by atoms with Gasteiger partial charge in [-0.15, -0.1) is 0 Å². The molecule has 1 aromatic carbocycles. The van der Waals surface area contributed by atoms with E-state index in [1.54, 1.807) is 6.07 Å². The SMILES string of the molecule is CCc1noc(NC(=O)c2cccc(Cn3nc(C)cc3C)c2)n1. The van der Waals surface area contributed by atoms with Crippen molar-refractivity contribution in [3.63, 3.8) is 0 Å². The second kappa shape index (κ2) is 6.66. The van der Waals surface area contributed by atoms with E-state index in [9.17, 15) is 4.79 Å². The lowest BCUT2D eigenvalue weighted by molar-refractivity contribution is 0.102. The largest absolute Gasteiger partial charge is 0.328 e. The highest BCUT2D eigenvalue weighted by atomic mass is 16.5. The van der Waals surface area contributed by atoms with Crippen LogP contribution in [0.25, 0.3) is 0 Å². The van der Waals surface area contributed by atoms with Crippen LogP contribution in [0, 0.1) is 13.8 Å². The lowest BCUT2D eigenvalue weighted by Crippen LogP contribution is -2.13. The van der Waals surface area contributed by atoms with Gasteiger partial charge in [0.2, 0.25) is 0 Å². The fourth-order valence-electron chi connectivity index (χ4n) is 2.44. The molecule has 0 atom stereocenters. The van der Waals surface area contributed by atoms with Gasteiger partial charge in [-0.1, -0.05) is 24.2 Å². The van der Waals surface area contributed by atoms with Gasteiger partial charge in [0.1, 0.15) is 0 Å². The van der Waals surface area contributed by atoms with Gasteiger partial charge in [-0.3, -0.25) is 14.8 Å². The van der Waals surface area contributed by atoms with Crippen LogP contribution < -0.4 is 5.32 Å². The number of aromatic nitrogens is 4. The van der Waals surface area contributed by atoms with Gasteiger partial charge < -0.3 is 4.52 Å². The number of carbonyl (C=O) groups is 1. The zero-order valence-electron chi connectivity index (χ0n) is 13.9. The summed E-state index contributed by atoms with van der Waals surface area (Å²) in [7, 11) is 0. The summed E-state index contributed by atoms with van der Waals surface area (Å²) in [4.78, 5) is 16.4. The summed E-state index contributed by atoms with van der Waals surface area (Å²) in [6.07, 6.45) is 0.650. The lowest BCUT2D eigenvalue weighted by Gasteiger charge is -2.07. The van der Waals surface area contributed by atoms with Crippen LogP contribution in [-0.4, -0.2) is 25.8 Å². The van der Waals surface area contributed by atoms with E-state index in [-0.39, 0.29) is 11.9 Å². The first-order valence-corrected chi connectivity index (χ1v) is 7.79. The number of nitrogens with zero attached hydrogens (tertiary/aromatic N) is 4. The molecular formula is C17H19N5O2. The van der Waals surface area contributed by atoms with Crippen LogP contribution in [0.3, 0.4) is 0 Å². The van der Waals surface area contributed by atoms with E-state index in [1.807, 2.05) is 49.7 Å². The van der Waals surface area contributed by atoms with E-state index in [0.717, 1.165) is 17.0 Å². The molecule has 0 fully saturated rings. The van der Waals surface area contributed by atoms with Gasteiger partial charge in [-0.05, 0) is 37.6 Å². The number of nitrogens with one attached hydrogen (secondary N) is 1. The second-order valence-electron chi connectivity index (χ2n) is 5.61. The molecule has 0 saturated carbocycles. The van der Waals surface area contributed by atoms with Crippen molar-refractivity contribution in [1.82, 2.24) is 19.9 Å². The number of hydrogen-bond acceptors (Lipinski definition) is 5. The molecule has 24 heavy (non-hydrogen) atoms. The van der Waals surface area contributed by atoms with Crippen molar-refractivity contribution in [3.8, 4) is 0 Å². The molecule has 0 saturated heterocycles. The number of anilines is 1. The normalized spacial score (nSPS) is 10.8. The maximum atomic E-state index is 12.3. The number of carbonyl (C=O) groups excluding carboxylic acids is 1. The van der Waals surface area contributed by atoms with Crippen molar-refractivity contribution in [2.75, 3.05) is 5.32 Å². The lowest BCUT2D eigenvalue weighted by atomic mass is 10.1. The van der Waals surface area contributed by atoms with E-state index in [0.29, 0.717) is 24.4 Å². The van der Waals surface area contributed by atoms with Crippen LogP contribution in [0.4, 0.5) is 6.01 Å². The number of aryl methyl sites for hydroxylation is 3. The van der Waals surface area contributed by atoms with E-state index >= 15 is 0 Å². The van der Waals surface area contributed by atoms with Crippen LogP contribution >= 0.6 is 0 Å². The van der Waals surface area contributed by atoms with Gasteiger partial charge >= 0.3 is 6.01 Å². The molecule has 0 bridgehead atoms. The van der Waals surface area contributed by atoms with Gasteiger partial charge in [-0.2, -0.15) is 10.1 Å². The van der Waals surface area contributed by atoms with Crippen LogP contribution in [0.2, 0.25) is 0 Å². The van der Waals surface area contributed by atoms with Crippen molar-refractivity contribution in [3.05, 3.63) is 58.7 Å². The maximum Gasteiger partial charge on any atom is 0.328 e. The second-order valence-corrected chi connectivity index (χ2v) is 5.61. The molecular weight excluding hydrogens is 306 g/mol. The Bertz CT molecular complexity index is 866. The van der Waals surface area contributed by atoms with E-state index in [1.165, 1.54) is 0 Å². The third-order valence-electron chi connectivity index (χ3n) is 3.63. The molecule has 7 heteroatoms. The quantitative estimate of drug-likeness (QED) is 0.779. The average Bonchev–Trinajstić information content (AvgIpc) is 3.14. The smallest absolute Gasteiger partial charge is 0.315 e. The van der Waals surface area contributed by atoms with Crippen molar-refractivity contribution < 1.29 is 9.32 Å². The molecule has 3 rings (SSSR count). The van der Waals surface area contributed by atoms with Gasteiger partial charge in [0.15, 0.2) is 5.82 Å². The summed E-state index contributed by atoms with van der Waals surface area (Å²) < 4.78 is 6.90. The zero-order valence-corrected chi connectivity index (χ0v) is 13.9. The minimum atomic E-state index is -0.281. The first-order valence-electron chi connectivity index (χ1n) is 7.79. The van der Waals surface area contributed by atoms with Crippen LogP contribution in [0.5, 0.6) is 0 Å². The van der Waals surface area contributed by atoms with Gasteiger partial charge in [0.25, 0.3) is 5.91 Å². The summed E-state index contributed by atoms with van der Waals surface area (Å²) in [5.41, 5.74) is 3.59. The predicted molar refractivity (Wildman–Crippen MR) is 88.9 cm³/mol. The summed E-state index contributed by atoms with van der Waals surface area (Å²) >= 11 is 0. The Labute approximate surface area is 139 Å². The van der Waals surface area contributed by atoms with Crippen molar-refractivity contribution >= 4 is 11.9 Å². The molecule has 0 radical (unpaired) electrons. The Morgan fingerprint density at radius 1 is 1.29 bits per heavy atom. The zero-order chi connectivity index (χ0) is 17.1. The Balaban J connectivity index is 1.74. The highest BCUT2D eigenvalue weighted by molar-refractivity contribution is 6.03. The summed E-state index contributed by atoms with van der Waals surface area (Å²) in [5.74, 6) is 0.278. The molecule has 2 aromatic heterocycles. The van der Waals surface area contributed by atoms with Crippen LogP contribution in [0.15, 0.2) is 34.9 Å². The summed E-state index contributed by atoms with van der Waals surface area (Å²) in [6, 6.07) is 9.54. The molecule has 0 unspecified atom stereocenters. The molecule has 0 aliphatic carbocycles. The predicted octanol–water partition coefficient (Wildman–Crippen LogP) is 2.75. The van der Waals surface area contributed by atoms with Gasteiger partial charge in [0.05, 0.1) is 12.2 Å². The standard InChI is InChI=1S/C17H19N5O2/c1-4-15-18-17(24-21-15)19-16(23)14-7-5-6-13(9-14)10-22-12(3)8-11(2)20-22/h5-9H,4,10H2,1-3H3,(H,18,19,21,23). The van der Waals surface area contributed by atoms with E-state index in [4.69, 9.17) is 4.52 Å². The fraction of sp³-hybridized carbons (Fsp3) is 0.294. The van der Waals surface area contributed by atoms with Crippen molar-refractivity contribution in [2.45, 2.75) is 33.7 Å². The van der Waals surface area contributed by atoms with Gasteiger partial charge in [-0.25, -0.2) is 0 Å². The summed E-state index contributed by atoms with van der Waals surface area (Å²) in [6.45, 7) is 6.50. The third-order valence-corrected chi connectivity index (χ3v) is 3.63. The number of hydrogen-bond donors (Lipinski definition) is 1. The molecule has 124 valence electrons. The number of amides is 1. The van der Waals surface area contributed by atoms with E-state index < -0.39 is 0 Å². The minimum absolute atomic E-state index is 0.112. The molecule has 0 aliphatic rings. The molecule has 0 spiro atoms. The van der Waals surface area contributed by atoms with Crippen LogP contribution in [0.1, 0.15) is 40.1 Å². The first-order chi connectivity index (χ1) is 11.5. The number of benzene rings is 1. The molecule has 3 aromatic rings. The minimum Gasteiger partial charge on any atom is -0.315 e. The average molecular weight is 325 g/mol.